The molecule has 1 aromatic heterocycles. The minimum Gasteiger partial charge on any atom is -0.457 e. The zero-order chi connectivity index (χ0) is 24.0. The van der Waals surface area contributed by atoms with Crippen molar-refractivity contribution in [3.8, 4) is 0 Å². The molecule has 5 heteroatoms. The third kappa shape index (κ3) is 2.76. The summed E-state index contributed by atoms with van der Waals surface area (Å²) in [5.41, 5.74) is 4.41. The monoisotopic (exact) mass is 461 g/mol. The maximum absolute atomic E-state index is 13.3. The van der Waals surface area contributed by atoms with E-state index in [0.29, 0.717) is 11.8 Å². The second kappa shape index (κ2) is 7.07. The number of ether oxygens (including phenoxy) is 2. The SMILES string of the molecule is CC(=O)OC(C)(C)[C@H]1O[C@H]2CC[C@@]3(C)[C@@H](CC[C@H]4Cc5c([nH]c6ccccc56)[C@@]43C)C2=CC1=O. The van der Waals surface area contributed by atoms with Crippen molar-refractivity contribution in [1.29, 1.82) is 0 Å². The maximum atomic E-state index is 13.3. The lowest BCUT2D eigenvalue weighted by Crippen LogP contribution is -2.59. The van der Waals surface area contributed by atoms with Gasteiger partial charge in [-0.15, -0.1) is 0 Å². The van der Waals surface area contributed by atoms with E-state index in [1.807, 2.05) is 6.08 Å². The van der Waals surface area contributed by atoms with Crippen LogP contribution in [0.2, 0.25) is 0 Å². The molecule has 2 saturated carbocycles. The van der Waals surface area contributed by atoms with E-state index in [9.17, 15) is 9.59 Å². The van der Waals surface area contributed by atoms with Gasteiger partial charge in [0, 0.05) is 28.9 Å². The molecule has 2 fully saturated rings. The fourth-order valence-corrected chi connectivity index (χ4v) is 8.23. The van der Waals surface area contributed by atoms with Crippen LogP contribution in [0.1, 0.15) is 71.6 Å². The van der Waals surface area contributed by atoms with Gasteiger partial charge in [0.05, 0.1) is 6.10 Å². The van der Waals surface area contributed by atoms with Gasteiger partial charge in [-0.25, -0.2) is 0 Å². The van der Waals surface area contributed by atoms with Gasteiger partial charge in [0.2, 0.25) is 0 Å². The molecule has 0 amide bonds. The largest absolute Gasteiger partial charge is 0.457 e. The van der Waals surface area contributed by atoms with Crippen LogP contribution in [0.3, 0.4) is 0 Å². The lowest BCUT2D eigenvalue weighted by atomic mass is 9.44. The van der Waals surface area contributed by atoms with E-state index in [1.165, 1.54) is 29.1 Å². The average Bonchev–Trinajstić information content (AvgIpc) is 3.27. The molecule has 6 rings (SSSR count). The minimum absolute atomic E-state index is 0.0347. The molecule has 3 aliphatic carbocycles. The van der Waals surface area contributed by atoms with Crippen molar-refractivity contribution < 1.29 is 19.1 Å². The highest BCUT2D eigenvalue weighted by Gasteiger charge is 2.64. The topological polar surface area (TPSA) is 68.4 Å². The van der Waals surface area contributed by atoms with Crippen LogP contribution < -0.4 is 0 Å². The number of hydrogen-bond donors (Lipinski definition) is 1. The highest BCUT2D eigenvalue weighted by Crippen LogP contribution is 2.67. The summed E-state index contributed by atoms with van der Waals surface area (Å²) in [6.07, 6.45) is 6.34. The number of rotatable bonds is 2. The van der Waals surface area contributed by atoms with Crippen LogP contribution in [0.5, 0.6) is 0 Å². The summed E-state index contributed by atoms with van der Waals surface area (Å²) in [7, 11) is 0. The number of benzene rings is 1. The zero-order valence-corrected chi connectivity index (χ0v) is 20.9. The Hall–Kier alpha value is -2.40. The number of nitrogens with one attached hydrogen (secondary N) is 1. The highest BCUT2D eigenvalue weighted by atomic mass is 16.6. The van der Waals surface area contributed by atoms with Crippen LogP contribution in [0, 0.1) is 17.3 Å². The van der Waals surface area contributed by atoms with E-state index in [2.05, 4.69) is 43.1 Å². The molecule has 4 aliphatic rings. The first kappa shape index (κ1) is 22.1. The molecule has 0 saturated heterocycles. The number of fused-ring (bicyclic) bond motifs is 9. The Kier molecular flexibility index (Phi) is 4.59. The summed E-state index contributed by atoms with van der Waals surface area (Å²) in [6.45, 7) is 9.85. The van der Waals surface area contributed by atoms with E-state index in [0.717, 1.165) is 37.7 Å². The summed E-state index contributed by atoms with van der Waals surface area (Å²) in [5.74, 6) is 0.458. The number of hydrogen-bond acceptors (Lipinski definition) is 4. The van der Waals surface area contributed by atoms with Crippen molar-refractivity contribution in [3.63, 3.8) is 0 Å². The summed E-state index contributed by atoms with van der Waals surface area (Å²) in [5, 5.41) is 1.37. The van der Waals surface area contributed by atoms with Gasteiger partial charge in [-0.2, -0.15) is 0 Å². The van der Waals surface area contributed by atoms with Crippen LogP contribution in [0.4, 0.5) is 0 Å². The van der Waals surface area contributed by atoms with Crippen molar-refractivity contribution in [3.05, 3.63) is 47.2 Å². The first-order valence-corrected chi connectivity index (χ1v) is 12.8. The van der Waals surface area contributed by atoms with E-state index in [4.69, 9.17) is 9.47 Å². The van der Waals surface area contributed by atoms with Gasteiger partial charge in [0.1, 0.15) is 5.60 Å². The molecule has 1 N–H and O–H groups in total. The average molecular weight is 462 g/mol. The predicted molar refractivity (Wildman–Crippen MR) is 131 cm³/mol. The Morgan fingerprint density at radius 3 is 2.71 bits per heavy atom. The van der Waals surface area contributed by atoms with Gasteiger partial charge in [-0.1, -0.05) is 32.0 Å². The van der Waals surface area contributed by atoms with Crippen LogP contribution in [0.15, 0.2) is 35.9 Å². The Bertz CT molecular complexity index is 1240. The summed E-state index contributed by atoms with van der Waals surface area (Å²) < 4.78 is 11.9. The molecule has 0 unspecified atom stereocenters. The van der Waals surface area contributed by atoms with Gasteiger partial charge in [0.25, 0.3) is 0 Å². The standard InChI is InChI=1S/C29H35NO4/c1-16(31)34-27(2,3)26-23(32)15-20-21-11-10-17-14-19-18-8-6-7-9-22(18)30-25(19)29(17,5)28(21,4)13-12-24(20)33-26/h6-9,15,17,21,24,26,30H,10-14H2,1-5H3/t17-,21-,24-,26-,28-,29+/m0/s1. The van der Waals surface area contributed by atoms with Gasteiger partial charge in [-0.05, 0) is 86.5 Å². The molecule has 6 atom stereocenters. The number of ketones is 1. The summed E-state index contributed by atoms with van der Waals surface area (Å²) >= 11 is 0. The first-order chi connectivity index (χ1) is 16.1. The molecule has 1 aromatic carbocycles. The summed E-state index contributed by atoms with van der Waals surface area (Å²) in [6, 6.07) is 8.68. The normalized spacial score (nSPS) is 36.9. The third-order valence-corrected chi connectivity index (χ3v) is 9.97. The second-order valence-electron chi connectivity index (χ2n) is 12.0. The fraction of sp³-hybridized carbons (Fsp3) is 0.586. The lowest BCUT2D eigenvalue weighted by Gasteiger charge is -2.61. The Balaban J connectivity index is 1.39. The lowest BCUT2D eigenvalue weighted by molar-refractivity contribution is -0.182. The number of aromatic amines is 1. The number of carbonyl (C=O) groups is 2. The van der Waals surface area contributed by atoms with Gasteiger partial charge < -0.3 is 14.5 Å². The van der Waals surface area contributed by atoms with Crippen molar-refractivity contribution in [2.24, 2.45) is 17.3 Å². The van der Waals surface area contributed by atoms with Crippen LogP contribution in [0.25, 0.3) is 10.9 Å². The molecular formula is C29H35NO4. The molecule has 0 bridgehead atoms. The van der Waals surface area contributed by atoms with Crippen molar-refractivity contribution in [1.82, 2.24) is 4.98 Å². The number of H-pyrrole nitrogens is 1. The van der Waals surface area contributed by atoms with Crippen LogP contribution in [-0.2, 0) is 30.9 Å². The molecule has 1 aliphatic heterocycles. The molecule has 5 nitrogen and oxygen atoms in total. The number of aromatic nitrogens is 1. The smallest absolute Gasteiger partial charge is 0.303 e. The highest BCUT2D eigenvalue weighted by molar-refractivity contribution is 5.96. The van der Waals surface area contributed by atoms with Crippen LogP contribution >= 0.6 is 0 Å². The minimum atomic E-state index is -0.986. The first-order valence-electron chi connectivity index (χ1n) is 12.8. The van der Waals surface area contributed by atoms with Gasteiger partial charge in [-0.3, -0.25) is 9.59 Å². The molecule has 180 valence electrons. The molecule has 0 radical (unpaired) electrons. The Morgan fingerprint density at radius 2 is 1.94 bits per heavy atom. The quantitative estimate of drug-likeness (QED) is 0.607. The second-order valence-corrected chi connectivity index (χ2v) is 12.0. The zero-order valence-electron chi connectivity index (χ0n) is 20.9. The molecule has 2 heterocycles. The number of carbonyl (C=O) groups excluding carboxylic acids is 2. The fourth-order valence-electron chi connectivity index (χ4n) is 8.23. The van der Waals surface area contributed by atoms with Gasteiger partial charge >= 0.3 is 5.97 Å². The maximum Gasteiger partial charge on any atom is 0.303 e. The molecule has 34 heavy (non-hydrogen) atoms. The summed E-state index contributed by atoms with van der Waals surface area (Å²) in [4.78, 5) is 28.7. The van der Waals surface area contributed by atoms with E-state index in [1.54, 1.807) is 13.8 Å². The van der Waals surface area contributed by atoms with Crippen molar-refractivity contribution in [2.75, 3.05) is 0 Å². The Labute approximate surface area is 201 Å². The van der Waals surface area contributed by atoms with Crippen LogP contribution in [-0.4, -0.2) is 34.5 Å². The molecule has 0 spiro atoms. The predicted octanol–water partition coefficient (Wildman–Crippen LogP) is 5.41. The van der Waals surface area contributed by atoms with Crippen molar-refractivity contribution in [2.45, 2.75) is 89.9 Å². The van der Waals surface area contributed by atoms with E-state index < -0.39 is 17.7 Å². The van der Waals surface area contributed by atoms with E-state index in [-0.39, 0.29) is 22.7 Å². The Morgan fingerprint density at radius 1 is 1.18 bits per heavy atom. The molecule has 2 aromatic rings. The third-order valence-electron chi connectivity index (χ3n) is 9.97. The molecular weight excluding hydrogens is 426 g/mol. The number of para-hydroxylation sites is 1. The van der Waals surface area contributed by atoms with E-state index >= 15 is 0 Å². The number of esters is 1. The van der Waals surface area contributed by atoms with Gasteiger partial charge in [0.15, 0.2) is 11.9 Å². The van der Waals surface area contributed by atoms with Crippen molar-refractivity contribution >= 4 is 22.7 Å².